The van der Waals surface area contributed by atoms with Gasteiger partial charge in [0.15, 0.2) is 0 Å². The van der Waals surface area contributed by atoms with Crippen LogP contribution in [0.5, 0.6) is 11.5 Å². The molecule has 4 saturated carbocycles. The maximum absolute atomic E-state index is 13.0. The summed E-state index contributed by atoms with van der Waals surface area (Å²) in [7, 11) is 0. The smallest absolute Gasteiger partial charge is 0.331 e. The molecule has 1 aromatic carbocycles. The summed E-state index contributed by atoms with van der Waals surface area (Å²) in [6, 6.07) is 4.24. The summed E-state index contributed by atoms with van der Waals surface area (Å²) in [5.41, 5.74) is 1.33. The molecule has 0 saturated heterocycles. The first-order valence-corrected chi connectivity index (χ1v) is 17.4. The van der Waals surface area contributed by atoms with E-state index in [1.165, 1.54) is 29.8 Å². The Morgan fingerprint density at radius 3 is 2.22 bits per heavy atom. The van der Waals surface area contributed by atoms with Gasteiger partial charge in [0.05, 0.1) is 5.41 Å². The average molecular weight is 619 g/mol. The quantitative estimate of drug-likeness (QED) is 0.177. The summed E-state index contributed by atoms with van der Waals surface area (Å²) in [4.78, 5) is 26.0. The van der Waals surface area contributed by atoms with Gasteiger partial charge in [0, 0.05) is 17.6 Å². The van der Waals surface area contributed by atoms with Gasteiger partial charge >= 0.3 is 11.9 Å². The summed E-state index contributed by atoms with van der Waals surface area (Å²) < 4.78 is 6.15. The maximum atomic E-state index is 13.0. The molecule has 4 fully saturated rings. The molecular weight excluding hydrogens is 564 g/mol. The number of carbonyl (C=O) groups is 2. The van der Waals surface area contributed by atoms with Crippen molar-refractivity contribution in [2.45, 2.75) is 112 Å². The van der Waals surface area contributed by atoms with Gasteiger partial charge in [-0.3, -0.25) is 4.79 Å². The number of phenolic OH excluding ortho intramolecular Hbond substituents is 2. The zero-order valence-electron chi connectivity index (χ0n) is 28.4. The molecule has 1 unspecified atom stereocenters. The topological polar surface area (TPSA) is 104 Å². The van der Waals surface area contributed by atoms with E-state index in [0.717, 1.165) is 57.8 Å². The number of esters is 1. The predicted molar refractivity (Wildman–Crippen MR) is 175 cm³/mol. The summed E-state index contributed by atoms with van der Waals surface area (Å²) in [5.74, 6) is 0.792. The standard InChI is InChI=1S/C39H54O6/c1-23-12-17-39(34(43)44)19-18-37(6)28(33(39)24(23)2)9-10-30-36(5)15-14-31(35(3,4)29(36)13-16-38(30,37)7)45-32(42)11-8-25-20-26(40)22-27(41)21-25/h8-9,11,20-24,29-31,33,40-41H,10,12-19H2,1-7H3,(H,43,44)/t23-,24+,29?,30-,31+,33+,36+,37-,38-,39+/m1/s1. The first-order valence-electron chi connectivity index (χ1n) is 17.4. The molecule has 10 atom stereocenters. The fourth-order valence-electron chi connectivity index (χ4n) is 12.1. The lowest BCUT2D eigenvalue weighted by atomic mass is 9.33. The number of hydrogen-bond acceptors (Lipinski definition) is 5. The lowest BCUT2D eigenvalue weighted by Gasteiger charge is -2.71. The van der Waals surface area contributed by atoms with Crippen molar-refractivity contribution in [3.05, 3.63) is 41.5 Å². The number of ether oxygens (including phenoxy) is 1. The van der Waals surface area contributed by atoms with Gasteiger partial charge in [-0.1, -0.05) is 60.1 Å². The van der Waals surface area contributed by atoms with E-state index in [2.05, 4.69) is 54.5 Å². The highest BCUT2D eigenvalue weighted by Crippen LogP contribution is 2.75. The number of rotatable bonds is 4. The van der Waals surface area contributed by atoms with Crippen molar-refractivity contribution < 1.29 is 29.6 Å². The highest BCUT2D eigenvalue weighted by atomic mass is 16.5. The normalized spacial score (nSPS) is 43.7. The monoisotopic (exact) mass is 618 g/mol. The Hall–Kier alpha value is -2.76. The third kappa shape index (κ3) is 4.62. The second-order valence-corrected chi connectivity index (χ2v) is 17.0. The van der Waals surface area contributed by atoms with Gasteiger partial charge in [0.2, 0.25) is 0 Å². The Balaban J connectivity index is 1.26. The number of allylic oxidation sites excluding steroid dienone is 2. The molecule has 0 spiro atoms. The SMILES string of the molecule is C[C@H]1[C@H](C)CC[C@]2(C(=O)O)CC[C@]3(C)C(=CC[C@@H]4[C@@]5(C)CC[C@H](OC(=O)C=Cc6cc(O)cc(O)c6)C(C)(C)C5CC[C@]43C)[C@H]12. The molecule has 0 amide bonds. The number of hydrogen-bond donors (Lipinski definition) is 3. The fraction of sp³-hybridized carbons (Fsp3) is 0.692. The summed E-state index contributed by atoms with van der Waals surface area (Å²) in [6.45, 7) is 16.7. The van der Waals surface area contributed by atoms with E-state index >= 15 is 0 Å². The third-order valence-corrected chi connectivity index (χ3v) is 14.9. The molecular formula is C39H54O6. The van der Waals surface area contributed by atoms with E-state index in [-0.39, 0.29) is 45.2 Å². The Bertz CT molecular complexity index is 1420. The second-order valence-electron chi connectivity index (χ2n) is 17.0. The number of aromatic hydroxyl groups is 2. The van der Waals surface area contributed by atoms with Crippen LogP contribution in [0.25, 0.3) is 6.08 Å². The first kappa shape index (κ1) is 32.2. The number of carboxylic acid groups (broad SMARTS) is 1. The van der Waals surface area contributed by atoms with Gasteiger partial charge in [-0.05, 0) is 127 Å². The van der Waals surface area contributed by atoms with E-state index in [0.29, 0.717) is 29.2 Å². The maximum Gasteiger partial charge on any atom is 0.331 e. The van der Waals surface area contributed by atoms with Gasteiger partial charge < -0.3 is 20.1 Å². The van der Waals surface area contributed by atoms with Crippen molar-refractivity contribution in [2.75, 3.05) is 0 Å². The first-order chi connectivity index (χ1) is 21.0. The molecule has 6 rings (SSSR count). The van der Waals surface area contributed by atoms with E-state index in [1.807, 2.05) is 0 Å². The van der Waals surface area contributed by atoms with Crippen molar-refractivity contribution in [1.82, 2.24) is 0 Å². The fourth-order valence-corrected chi connectivity index (χ4v) is 12.1. The molecule has 6 heteroatoms. The van der Waals surface area contributed by atoms with Crippen molar-refractivity contribution in [3.63, 3.8) is 0 Å². The number of phenols is 2. The molecule has 0 aliphatic heterocycles. The van der Waals surface area contributed by atoms with Crippen LogP contribution in [0.2, 0.25) is 0 Å². The Kier molecular flexibility index (Phi) is 7.61. The summed E-state index contributed by atoms with van der Waals surface area (Å²) >= 11 is 0. The Labute approximate surface area is 269 Å². The van der Waals surface area contributed by atoms with Gasteiger partial charge in [0.25, 0.3) is 0 Å². The van der Waals surface area contributed by atoms with Crippen LogP contribution in [0.3, 0.4) is 0 Å². The number of aliphatic carboxylic acids is 1. The second kappa shape index (κ2) is 10.6. The Morgan fingerprint density at radius 2 is 1.56 bits per heavy atom. The van der Waals surface area contributed by atoms with Crippen LogP contribution < -0.4 is 0 Å². The molecule has 0 bridgehead atoms. The number of benzene rings is 1. The zero-order valence-corrected chi connectivity index (χ0v) is 28.4. The molecule has 1 aromatic rings. The lowest BCUT2D eigenvalue weighted by Crippen LogP contribution is -2.65. The molecule has 5 aliphatic carbocycles. The van der Waals surface area contributed by atoms with Crippen LogP contribution in [-0.2, 0) is 14.3 Å². The minimum Gasteiger partial charge on any atom is -0.508 e. The molecule has 0 heterocycles. The van der Waals surface area contributed by atoms with Crippen molar-refractivity contribution in [1.29, 1.82) is 0 Å². The van der Waals surface area contributed by atoms with Gasteiger partial charge in [-0.2, -0.15) is 0 Å². The largest absolute Gasteiger partial charge is 0.508 e. The van der Waals surface area contributed by atoms with Crippen LogP contribution in [0, 0.1) is 56.7 Å². The number of fused-ring (bicyclic) bond motifs is 7. The van der Waals surface area contributed by atoms with E-state index in [9.17, 15) is 24.9 Å². The molecule has 6 nitrogen and oxygen atoms in total. The average Bonchev–Trinajstić information content (AvgIpc) is 2.95. The van der Waals surface area contributed by atoms with E-state index in [4.69, 9.17) is 4.74 Å². The van der Waals surface area contributed by atoms with Gasteiger partial charge in [-0.25, -0.2) is 4.79 Å². The Morgan fingerprint density at radius 1 is 0.867 bits per heavy atom. The highest BCUT2D eigenvalue weighted by Gasteiger charge is 2.69. The molecule has 45 heavy (non-hydrogen) atoms. The van der Waals surface area contributed by atoms with Crippen LogP contribution >= 0.6 is 0 Å². The highest BCUT2D eigenvalue weighted by molar-refractivity contribution is 5.87. The minimum atomic E-state index is -0.624. The third-order valence-electron chi connectivity index (χ3n) is 14.9. The number of carboxylic acids is 1. The molecule has 5 aliphatic rings. The molecule has 246 valence electrons. The minimum absolute atomic E-state index is 0.0165. The summed E-state index contributed by atoms with van der Waals surface area (Å²) in [6.07, 6.45) is 13.8. The molecule has 0 aromatic heterocycles. The lowest BCUT2D eigenvalue weighted by molar-refractivity contribution is -0.213. The molecule has 3 N–H and O–H groups in total. The van der Waals surface area contributed by atoms with Crippen molar-refractivity contribution in [2.24, 2.45) is 56.7 Å². The van der Waals surface area contributed by atoms with Gasteiger partial charge in [-0.15, -0.1) is 0 Å². The van der Waals surface area contributed by atoms with E-state index < -0.39 is 17.4 Å². The number of carbonyl (C=O) groups excluding carboxylic acids is 1. The van der Waals surface area contributed by atoms with Crippen LogP contribution in [0.1, 0.15) is 112 Å². The van der Waals surface area contributed by atoms with Crippen LogP contribution in [0.4, 0.5) is 0 Å². The van der Waals surface area contributed by atoms with E-state index in [1.54, 1.807) is 6.08 Å². The zero-order chi connectivity index (χ0) is 32.7. The summed E-state index contributed by atoms with van der Waals surface area (Å²) in [5, 5.41) is 30.2. The van der Waals surface area contributed by atoms with Crippen LogP contribution in [-0.4, -0.2) is 33.4 Å². The molecule has 0 radical (unpaired) electrons. The van der Waals surface area contributed by atoms with Gasteiger partial charge in [0.1, 0.15) is 17.6 Å². The predicted octanol–water partition coefficient (Wildman–Crippen LogP) is 8.77. The van der Waals surface area contributed by atoms with Crippen LogP contribution in [0.15, 0.2) is 35.9 Å². The van der Waals surface area contributed by atoms with Crippen molar-refractivity contribution >= 4 is 18.0 Å². The van der Waals surface area contributed by atoms with Crippen molar-refractivity contribution in [3.8, 4) is 11.5 Å².